The Hall–Kier alpha value is -0.340. The minimum Gasteiger partial charge on any atom is -0.330 e. The van der Waals surface area contributed by atoms with Crippen LogP contribution in [0.3, 0.4) is 0 Å². The first-order valence-corrected chi connectivity index (χ1v) is 3.02. The van der Waals surface area contributed by atoms with Crippen molar-refractivity contribution in [1.29, 1.82) is 0 Å². The molecule has 0 aromatic heterocycles. The van der Waals surface area contributed by atoms with E-state index >= 15 is 0 Å². The zero-order valence-electron chi connectivity index (χ0n) is 4.98. The van der Waals surface area contributed by atoms with Gasteiger partial charge in [-0.1, -0.05) is 11.6 Å². The predicted molar refractivity (Wildman–Crippen MR) is 34.6 cm³/mol. The van der Waals surface area contributed by atoms with Crippen LogP contribution in [-0.2, 0) is 0 Å². The Kier molecular flexibility index (Phi) is 2.06. The zero-order valence-corrected chi connectivity index (χ0v) is 4.98. The third-order valence-electron chi connectivity index (χ3n) is 1.35. The Bertz CT molecular complexity index is 96.7. The van der Waals surface area contributed by atoms with Gasteiger partial charge >= 0.3 is 0 Å². The maximum atomic E-state index is 5.34. The van der Waals surface area contributed by atoms with Crippen LogP contribution in [0.4, 0.5) is 0 Å². The van der Waals surface area contributed by atoms with Gasteiger partial charge in [0.05, 0.1) is 0 Å². The van der Waals surface area contributed by atoms with Gasteiger partial charge in [-0.2, -0.15) is 0 Å². The SMILES string of the molecule is NCCC1=CCNC1. The highest BCUT2D eigenvalue weighted by Gasteiger charge is 1.99. The standard InChI is InChI=1S/C6H12N2/c7-3-1-6-2-4-8-5-6/h2,8H,1,3-5,7H2. The van der Waals surface area contributed by atoms with E-state index in [9.17, 15) is 0 Å². The molecule has 0 atom stereocenters. The van der Waals surface area contributed by atoms with Crippen LogP contribution in [0.25, 0.3) is 0 Å². The lowest BCUT2D eigenvalue weighted by Crippen LogP contribution is -2.09. The molecule has 0 aromatic carbocycles. The summed E-state index contributed by atoms with van der Waals surface area (Å²) in [6.07, 6.45) is 3.28. The van der Waals surface area contributed by atoms with Gasteiger partial charge in [-0.25, -0.2) is 0 Å². The molecule has 0 fully saturated rings. The van der Waals surface area contributed by atoms with Crippen molar-refractivity contribution in [3.05, 3.63) is 11.6 Å². The molecule has 8 heavy (non-hydrogen) atoms. The summed E-state index contributed by atoms with van der Waals surface area (Å²) in [4.78, 5) is 0. The van der Waals surface area contributed by atoms with Crippen LogP contribution in [0, 0.1) is 0 Å². The Labute approximate surface area is 49.8 Å². The minimum atomic E-state index is 0.785. The van der Waals surface area contributed by atoms with Gasteiger partial charge in [0.2, 0.25) is 0 Å². The third-order valence-corrected chi connectivity index (χ3v) is 1.35. The molecular weight excluding hydrogens is 100 g/mol. The highest BCUT2D eigenvalue weighted by atomic mass is 14.9. The van der Waals surface area contributed by atoms with E-state index in [1.54, 1.807) is 0 Å². The van der Waals surface area contributed by atoms with E-state index in [0.29, 0.717) is 0 Å². The summed E-state index contributed by atoms with van der Waals surface area (Å²) >= 11 is 0. The Morgan fingerprint density at radius 2 is 2.62 bits per heavy atom. The van der Waals surface area contributed by atoms with Crippen molar-refractivity contribution >= 4 is 0 Å². The monoisotopic (exact) mass is 112 g/mol. The number of nitrogens with two attached hydrogens (primary N) is 1. The van der Waals surface area contributed by atoms with E-state index in [0.717, 1.165) is 26.1 Å². The van der Waals surface area contributed by atoms with E-state index in [2.05, 4.69) is 11.4 Å². The third kappa shape index (κ3) is 1.32. The summed E-state index contributed by atoms with van der Waals surface area (Å²) in [5.74, 6) is 0. The second kappa shape index (κ2) is 2.84. The topological polar surface area (TPSA) is 38.0 Å². The Morgan fingerprint density at radius 3 is 3.12 bits per heavy atom. The van der Waals surface area contributed by atoms with E-state index in [4.69, 9.17) is 5.73 Å². The van der Waals surface area contributed by atoms with Gasteiger partial charge in [0.1, 0.15) is 0 Å². The highest BCUT2D eigenvalue weighted by Crippen LogP contribution is 2.01. The maximum Gasteiger partial charge on any atom is 0.0168 e. The van der Waals surface area contributed by atoms with Crippen molar-refractivity contribution in [2.45, 2.75) is 6.42 Å². The average Bonchev–Trinajstić information content (AvgIpc) is 2.19. The highest BCUT2D eigenvalue weighted by molar-refractivity contribution is 5.10. The summed E-state index contributed by atoms with van der Waals surface area (Å²) in [6, 6.07) is 0. The summed E-state index contributed by atoms with van der Waals surface area (Å²) < 4.78 is 0. The molecule has 1 aliphatic rings. The minimum absolute atomic E-state index is 0.785. The van der Waals surface area contributed by atoms with Crippen molar-refractivity contribution < 1.29 is 0 Å². The lowest BCUT2D eigenvalue weighted by molar-refractivity contribution is 0.837. The molecule has 0 aromatic rings. The molecule has 3 N–H and O–H groups in total. The van der Waals surface area contributed by atoms with Gasteiger partial charge in [0, 0.05) is 13.1 Å². The predicted octanol–water partition coefficient (Wildman–Crippen LogP) is -0.135. The van der Waals surface area contributed by atoms with Crippen LogP contribution in [-0.4, -0.2) is 19.6 Å². The van der Waals surface area contributed by atoms with Crippen molar-refractivity contribution in [2.24, 2.45) is 5.73 Å². The molecule has 2 heteroatoms. The fourth-order valence-electron chi connectivity index (χ4n) is 0.897. The van der Waals surface area contributed by atoms with E-state index in [1.807, 2.05) is 0 Å². The molecule has 2 nitrogen and oxygen atoms in total. The number of hydrogen-bond acceptors (Lipinski definition) is 2. The van der Waals surface area contributed by atoms with Crippen LogP contribution in [0.1, 0.15) is 6.42 Å². The largest absolute Gasteiger partial charge is 0.330 e. The molecule has 0 bridgehead atoms. The summed E-state index contributed by atoms with van der Waals surface area (Å²) in [7, 11) is 0. The smallest absolute Gasteiger partial charge is 0.0168 e. The lowest BCUT2D eigenvalue weighted by Gasteiger charge is -1.94. The second-order valence-corrected chi connectivity index (χ2v) is 2.03. The summed E-state index contributed by atoms with van der Waals surface area (Å²) in [6.45, 7) is 2.88. The van der Waals surface area contributed by atoms with Crippen molar-refractivity contribution in [3.8, 4) is 0 Å². The van der Waals surface area contributed by atoms with Crippen molar-refractivity contribution in [1.82, 2.24) is 5.32 Å². The van der Waals surface area contributed by atoms with Gasteiger partial charge in [-0.15, -0.1) is 0 Å². The van der Waals surface area contributed by atoms with E-state index < -0.39 is 0 Å². The van der Waals surface area contributed by atoms with Crippen LogP contribution in [0.15, 0.2) is 11.6 Å². The fraction of sp³-hybridized carbons (Fsp3) is 0.667. The molecule has 1 heterocycles. The van der Waals surface area contributed by atoms with Gasteiger partial charge in [0.25, 0.3) is 0 Å². The number of hydrogen-bond donors (Lipinski definition) is 2. The average molecular weight is 112 g/mol. The van der Waals surface area contributed by atoms with E-state index in [1.165, 1.54) is 5.57 Å². The first-order valence-electron chi connectivity index (χ1n) is 3.02. The molecule has 0 radical (unpaired) electrons. The molecule has 0 saturated carbocycles. The van der Waals surface area contributed by atoms with Crippen LogP contribution < -0.4 is 11.1 Å². The van der Waals surface area contributed by atoms with Gasteiger partial charge in [-0.3, -0.25) is 0 Å². The van der Waals surface area contributed by atoms with Gasteiger partial charge in [-0.05, 0) is 13.0 Å². The van der Waals surface area contributed by atoms with Crippen molar-refractivity contribution in [3.63, 3.8) is 0 Å². The Morgan fingerprint density at radius 1 is 1.75 bits per heavy atom. The first kappa shape index (κ1) is 5.79. The lowest BCUT2D eigenvalue weighted by atomic mass is 10.2. The summed E-state index contributed by atoms with van der Waals surface area (Å²) in [5, 5.41) is 3.21. The molecule has 0 spiro atoms. The van der Waals surface area contributed by atoms with Crippen molar-refractivity contribution in [2.75, 3.05) is 19.6 Å². The van der Waals surface area contributed by atoms with Crippen LogP contribution >= 0.6 is 0 Å². The molecule has 0 amide bonds. The second-order valence-electron chi connectivity index (χ2n) is 2.03. The first-order chi connectivity index (χ1) is 3.93. The van der Waals surface area contributed by atoms with E-state index in [-0.39, 0.29) is 0 Å². The normalized spacial score (nSPS) is 18.9. The van der Waals surface area contributed by atoms with Crippen LogP contribution in [0.2, 0.25) is 0 Å². The molecule has 46 valence electrons. The number of nitrogens with one attached hydrogen (secondary N) is 1. The van der Waals surface area contributed by atoms with Gasteiger partial charge < -0.3 is 11.1 Å². The molecular formula is C6H12N2. The quantitative estimate of drug-likeness (QED) is 0.488. The molecule has 0 aliphatic carbocycles. The number of rotatable bonds is 2. The molecule has 0 saturated heterocycles. The molecule has 0 unspecified atom stereocenters. The maximum absolute atomic E-state index is 5.34. The van der Waals surface area contributed by atoms with Gasteiger partial charge in [0.15, 0.2) is 0 Å². The fourth-order valence-corrected chi connectivity index (χ4v) is 0.897. The molecule has 1 aliphatic heterocycles. The summed E-state index contributed by atoms with van der Waals surface area (Å²) in [5.41, 5.74) is 6.81. The Balaban J connectivity index is 2.23. The van der Waals surface area contributed by atoms with Crippen LogP contribution in [0.5, 0.6) is 0 Å². The zero-order chi connectivity index (χ0) is 5.82. The molecule has 1 rings (SSSR count).